The molecule has 4 heterocycles. The number of anilines is 1. The molecule has 1 spiro atoms. The van der Waals surface area contributed by atoms with E-state index in [1.807, 2.05) is 12.1 Å². The van der Waals surface area contributed by atoms with Gasteiger partial charge in [-0.3, -0.25) is 9.69 Å². The van der Waals surface area contributed by atoms with Crippen LogP contribution in [0.15, 0.2) is 24.4 Å². The highest BCUT2D eigenvalue weighted by molar-refractivity contribution is 6.32. The highest BCUT2D eigenvalue weighted by Crippen LogP contribution is 2.59. The zero-order valence-corrected chi connectivity index (χ0v) is 21.0. The Bertz CT molecular complexity index is 1130. The molecule has 3 atom stereocenters. The first kappa shape index (κ1) is 23.6. The van der Waals surface area contributed by atoms with Gasteiger partial charge in [0, 0.05) is 35.7 Å². The number of pyridine rings is 1. The predicted octanol–water partition coefficient (Wildman–Crippen LogP) is 3.97. The fraction of sp³-hybridized carbons (Fsp3) is 0.630. The van der Waals surface area contributed by atoms with E-state index in [-0.39, 0.29) is 22.8 Å². The number of aromatic nitrogens is 1. The number of hydrogen-bond acceptors (Lipinski definition) is 6. The Morgan fingerprint density at radius 1 is 1.17 bits per heavy atom. The van der Waals surface area contributed by atoms with Crippen LogP contribution in [0, 0.1) is 11.3 Å². The van der Waals surface area contributed by atoms with Gasteiger partial charge in [-0.25, -0.2) is 4.98 Å². The molecular weight excluding hydrogens is 466 g/mol. The lowest BCUT2D eigenvalue weighted by Crippen LogP contribution is -2.56. The van der Waals surface area contributed by atoms with Crippen molar-refractivity contribution >= 4 is 34.1 Å². The van der Waals surface area contributed by atoms with E-state index in [1.54, 1.807) is 6.20 Å². The third-order valence-corrected chi connectivity index (χ3v) is 9.46. The second-order valence-electron chi connectivity index (χ2n) is 11.2. The van der Waals surface area contributed by atoms with Crippen molar-refractivity contribution in [1.29, 1.82) is 0 Å². The van der Waals surface area contributed by atoms with Gasteiger partial charge in [0.15, 0.2) is 0 Å². The zero-order chi connectivity index (χ0) is 24.2. The largest absolute Gasteiger partial charge is 0.389 e. The van der Waals surface area contributed by atoms with Gasteiger partial charge >= 0.3 is 0 Å². The molecule has 0 radical (unpaired) electrons. The van der Waals surface area contributed by atoms with Crippen molar-refractivity contribution in [1.82, 2.24) is 9.88 Å². The van der Waals surface area contributed by atoms with Crippen LogP contribution < -0.4 is 5.32 Å². The van der Waals surface area contributed by atoms with Crippen molar-refractivity contribution in [3.8, 4) is 0 Å². The summed E-state index contributed by atoms with van der Waals surface area (Å²) >= 11 is 6.73. The molecule has 2 aromatic rings. The Hall–Kier alpha value is -1.77. The molecule has 8 heteroatoms. The van der Waals surface area contributed by atoms with Crippen LogP contribution in [0.2, 0.25) is 5.02 Å². The summed E-state index contributed by atoms with van der Waals surface area (Å²) in [5, 5.41) is 16.3. The van der Waals surface area contributed by atoms with Crippen LogP contribution in [0.4, 0.5) is 5.82 Å². The minimum atomic E-state index is -0.443. The highest BCUT2D eigenvalue weighted by atomic mass is 35.5. The van der Waals surface area contributed by atoms with Gasteiger partial charge in [-0.2, -0.15) is 0 Å². The molecule has 7 nitrogen and oxygen atoms in total. The van der Waals surface area contributed by atoms with Crippen LogP contribution in [-0.4, -0.2) is 72.1 Å². The Balaban J connectivity index is 1.15. The van der Waals surface area contributed by atoms with Crippen molar-refractivity contribution < 1.29 is 19.4 Å². The minimum Gasteiger partial charge on any atom is -0.389 e. The molecule has 6 rings (SSSR count). The molecule has 4 fully saturated rings. The lowest BCUT2D eigenvalue weighted by Gasteiger charge is -2.43. The van der Waals surface area contributed by atoms with Gasteiger partial charge in [0.05, 0.1) is 24.9 Å². The van der Waals surface area contributed by atoms with Gasteiger partial charge in [-0.05, 0) is 92.6 Å². The quantitative estimate of drug-likeness (QED) is 0.662. The molecule has 3 aliphatic heterocycles. The predicted molar refractivity (Wildman–Crippen MR) is 135 cm³/mol. The number of benzene rings is 1. The van der Waals surface area contributed by atoms with Crippen LogP contribution in [0.25, 0.3) is 10.8 Å². The first-order valence-electron chi connectivity index (χ1n) is 12.9. The first-order valence-corrected chi connectivity index (χ1v) is 13.2. The molecule has 0 bridgehead atoms. The van der Waals surface area contributed by atoms with Crippen LogP contribution in [0.3, 0.4) is 0 Å². The second-order valence-corrected chi connectivity index (χ2v) is 11.6. The Labute approximate surface area is 211 Å². The Kier molecular flexibility index (Phi) is 6.05. The van der Waals surface area contributed by atoms with Crippen molar-refractivity contribution in [2.24, 2.45) is 11.3 Å². The first-order chi connectivity index (χ1) is 16.9. The smallest absolute Gasteiger partial charge is 0.229 e. The van der Waals surface area contributed by atoms with Crippen molar-refractivity contribution in [3.63, 3.8) is 0 Å². The number of ether oxygens (including phenoxy) is 2. The van der Waals surface area contributed by atoms with E-state index in [4.69, 9.17) is 21.1 Å². The number of aliphatic hydroxyl groups excluding tert-OH is 1. The van der Waals surface area contributed by atoms with Crippen molar-refractivity contribution in [2.75, 3.05) is 44.8 Å². The van der Waals surface area contributed by atoms with E-state index < -0.39 is 6.10 Å². The zero-order valence-electron chi connectivity index (χ0n) is 20.3. The molecule has 1 amide bonds. The Morgan fingerprint density at radius 2 is 1.94 bits per heavy atom. The summed E-state index contributed by atoms with van der Waals surface area (Å²) in [6, 6.07) is 6.13. The number of amides is 1. The summed E-state index contributed by atoms with van der Waals surface area (Å²) in [6.45, 7) is 6.41. The molecular formula is C27H34ClN3O4. The Morgan fingerprint density at radius 3 is 2.66 bits per heavy atom. The SMILES string of the molecule is C[C@@]1(N2CCC(c3cc4cc(NC(=O)[C@@H]5CC56CCOCC6)ncc4cc3Cl)CC2)COC[C@@H]1O. The van der Waals surface area contributed by atoms with E-state index in [1.165, 1.54) is 0 Å². The van der Waals surface area contributed by atoms with Crippen molar-refractivity contribution in [3.05, 3.63) is 35.0 Å². The summed E-state index contributed by atoms with van der Waals surface area (Å²) in [5.41, 5.74) is 0.993. The van der Waals surface area contributed by atoms with Crippen molar-refractivity contribution in [2.45, 2.75) is 56.6 Å². The summed E-state index contributed by atoms with van der Waals surface area (Å²) in [5.74, 6) is 1.10. The minimum absolute atomic E-state index is 0.0699. The average Bonchev–Trinajstić information content (AvgIpc) is 3.44. The highest BCUT2D eigenvalue weighted by Gasteiger charge is 2.58. The molecule has 1 aromatic heterocycles. The van der Waals surface area contributed by atoms with E-state index in [9.17, 15) is 9.90 Å². The fourth-order valence-corrected chi connectivity index (χ4v) is 6.81. The van der Waals surface area contributed by atoms with E-state index in [2.05, 4.69) is 28.2 Å². The lowest BCUT2D eigenvalue weighted by molar-refractivity contribution is -0.118. The average molecular weight is 500 g/mol. The molecule has 3 saturated heterocycles. The molecule has 35 heavy (non-hydrogen) atoms. The topological polar surface area (TPSA) is 83.9 Å². The normalized spacial score (nSPS) is 31.2. The van der Waals surface area contributed by atoms with Gasteiger partial charge in [0.2, 0.25) is 5.91 Å². The maximum atomic E-state index is 12.9. The van der Waals surface area contributed by atoms with Gasteiger partial charge in [0.25, 0.3) is 0 Å². The number of carbonyl (C=O) groups is 1. The number of likely N-dealkylation sites (tertiary alicyclic amines) is 1. The number of hydrogen-bond donors (Lipinski definition) is 2. The van der Waals surface area contributed by atoms with E-state index in [0.29, 0.717) is 24.9 Å². The molecule has 1 aliphatic carbocycles. The third-order valence-electron chi connectivity index (χ3n) is 9.13. The number of aliphatic hydroxyl groups is 1. The maximum Gasteiger partial charge on any atom is 0.229 e. The van der Waals surface area contributed by atoms with Gasteiger partial charge < -0.3 is 19.9 Å². The molecule has 188 valence electrons. The number of fused-ring (bicyclic) bond motifs is 1. The molecule has 4 aliphatic rings. The van der Waals surface area contributed by atoms with Gasteiger partial charge in [0.1, 0.15) is 5.82 Å². The van der Waals surface area contributed by atoms with E-state index >= 15 is 0 Å². The molecule has 2 N–H and O–H groups in total. The third kappa shape index (κ3) is 4.25. The summed E-state index contributed by atoms with van der Waals surface area (Å²) < 4.78 is 11.0. The summed E-state index contributed by atoms with van der Waals surface area (Å²) in [4.78, 5) is 19.8. The van der Waals surface area contributed by atoms with Crippen LogP contribution in [0.5, 0.6) is 0 Å². The number of halogens is 1. The molecule has 0 unspecified atom stereocenters. The van der Waals surface area contributed by atoms with E-state index in [0.717, 1.165) is 79.8 Å². The standard InChI is InChI=1S/C27H34ClN3O4/c1-26(16-35-15-23(26)32)31-6-2-17(3-7-31)20-10-18-12-24(29-14-19(18)11-22(20)28)30-25(33)21-13-27(21)4-8-34-9-5-27/h10-12,14,17,21,23,32H,2-9,13,15-16H2,1H3,(H,29,30,33)/t21-,23-,26+/m0/s1. The second kappa shape index (κ2) is 8.96. The van der Waals surface area contributed by atoms with Gasteiger partial charge in [-0.15, -0.1) is 0 Å². The number of piperidine rings is 1. The summed E-state index contributed by atoms with van der Waals surface area (Å²) in [7, 11) is 0. The number of carbonyl (C=O) groups excluding carboxylic acids is 1. The number of nitrogens with zero attached hydrogens (tertiary/aromatic N) is 2. The maximum absolute atomic E-state index is 12.9. The summed E-state index contributed by atoms with van der Waals surface area (Å²) in [6.07, 6.45) is 6.22. The van der Waals surface area contributed by atoms with Crippen LogP contribution in [-0.2, 0) is 14.3 Å². The monoisotopic (exact) mass is 499 g/mol. The van der Waals surface area contributed by atoms with Gasteiger partial charge in [-0.1, -0.05) is 11.6 Å². The van der Waals surface area contributed by atoms with Crippen LogP contribution in [0.1, 0.15) is 50.5 Å². The molecule has 1 aromatic carbocycles. The van der Waals surface area contributed by atoms with Crippen LogP contribution >= 0.6 is 11.6 Å². The molecule has 1 saturated carbocycles. The fourth-order valence-electron chi connectivity index (χ4n) is 6.48. The lowest BCUT2D eigenvalue weighted by atomic mass is 9.85. The number of nitrogens with one attached hydrogen (secondary N) is 1. The number of rotatable bonds is 4.